The topological polar surface area (TPSA) is 49.4 Å². The number of hydrogen-bond donors (Lipinski definition) is 1. The van der Waals surface area contributed by atoms with Crippen molar-refractivity contribution in [2.75, 3.05) is 11.4 Å². The highest BCUT2D eigenvalue weighted by atomic mass is 16.2. The average Bonchev–Trinajstić information content (AvgIpc) is 3.26. The summed E-state index contributed by atoms with van der Waals surface area (Å²) in [6, 6.07) is 16.1. The molecule has 0 bridgehead atoms. The number of nitrogens with one attached hydrogen (secondary N) is 1. The predicted molar refractivity (Wildman–Crippen MR) is 118 cm³/mol. The number of carbonyl (C=O) groups is 2. The van der Waals surface area contributed by atoms with E-state index in [4.69, 9.17) is 0 Å². The summed E-state index contributed by atoms with van der Waals surface area (Å²) in [4.78, 5) is 27.1. The van der Waals surface area contributed by atoms with Crippen molar-refractivity contribution < 1.29 is 9.59 Å². The molecule has 0 atom stereocenters. The molecule has 1 aliphatic rings. The molecule has 0 saturated heterocycles. The Morgan fingerprint density at radius 2 is 1.83 bits per heavy atom. The molecule has 152 valence electrons. The van der Waals surface area contributed by atoms with Crippen LogP contribution in [0.25, 0.3) is 0 Å². The minimum atomic E-state index is -0.0312. The smallest absolute Gasteiger partial charge is 0.230 e. The van der Waals surface area contributed by atoms with E-state index < -0.39 is 0 Å². The minimum absolute atomic E-state index is 0.0312. The van der Waals surface area contributed by atoms with Crippen LogP contribution >= 0.6 is 0 Å². The van der Waals surface area contributed by atoms with E-state index in [0.29, 0.717) is 19.5 Å². The Balaban J connectivity index is 1.78. The third-order valence-electron chi connectivity index (χ3n) is 5.45. The number of anilines is 1. The Labute approximate surface area is 173 Å². The zero-order chi connectivity index (χ0) is 20.6. The van der Waals surface area contributed by atoms with Gasteiger partial charge in [-0.2, -0.15) is 0 Å². The molecule has 0 aromatic heterocycles. The lowest BCUT2D eigenvalue weighted by molar-refractivity contribution is -0.122. The first kappa shape index (κ1) is 20.8. The maximum atomic E-state index is 13.3. The van der Waals surface area contributed by atoms with Gasteiger partial charge in [-0.05, 0) is 43.0 Å². The van der Waals surface area contributed by atoms with Crippen LogP contribution in [0.15, 0.2) is 61.2 Å². The summed E-state index contributed by atoms with van der Waals surface area (Å²) in [5.74, 6) is 0.293. The summed E-state index contributed by atoms with van der Waals surface area (Å²) in [5.41, 5.74) is 4.14. The summed E-state index contributed by atoms with van der Waals surface area (Å²) in [6.07, 6.45) is 6.21. The van der Waals surface area contributed by atoms with Gasteiger partial charge in [0.15, 0.2) is 0 Å². The molecule has 2 aromatic carbocycles. The van der Waals surface area contributed by atoms with E-state index in [1.54, 1.807) is 6.08 Å². The molecule has 1 saturated carbocycles. The van der Waals surface area contributed by atoms with Gasteiger partial charge in [-0.1, -0.05) is 60.9 Å². The molecule has 0 heterocycles. The van der Waals surface area contributed by atoms with Gasteiger partial charge in [0.1, 0.15) is 0 Å². The van der Waals surface area contributed by atoms with E-state index in [9.17, 15) is 9.59 Å². The normalized spacial score (nSPS) is 13.8. The van der Waals surface area contributed by atoms with Crippen LogP contribution in [0.3, 0.4) is 0 Å². The van der Waals surface area contributed by atoms with Gasteiger partial charge in [-0.15, -0.1) is 6.58 Å². The summed E-state index contributed by atoms with van der Waals surface area (Å²) in [7, 11) is 0. The van der Waals surface area contributed by atoms with Gasteiger partial charge >= 0.3 is 0 Å². The fraction of sp³-hybridized carbons (Fsp3) is 0.360. The largest absolute Gasteiger partial charge is 0.352 e. The second-order valence-electron chi connectivity index (χ2n) is 7.83. The van der Waals surface area contributed by atoms with E-state index in [2.05, 4.69) is 37.0 Å². The highest BCUT2D eigenvalue weighted by Crippen LogP contribution is 2.30. The Bertz CT molecular complexity index is 851. The van der Waals surface area contributed by atoms with E-state index in [1.807, 2.05) is 35.2 Å². The summed E-state index contributed by atoms with van der Waals surface area (Å²) >= 11 is 0. The van der Waals surface area contributed by atoms with Crippen molar-refractivity contribution in [1.82, 2.24) is 5.32 Å². The molecule has 0 aliphatic heterocycles. The third kappa shape index (κ3) is 5.80. The number of amides is 2. The van der Waals surface area contributed by atoms with Crippen LogP contribution in [0.5, 0.6) is 0 Å². The van der Waals surface area contributed by atoms with Crippen LogP contribution in [0.4, 0.5) is 5.69 Å². The molecule has 4 heteroatoms. The second kappa shape index (κ2) is 10.1. The number of carbonyl (C=O) groups excluding carboxylic acids is 2. The van der Waals surface area contributed by atoms with Crippen LogP contribution in [0.2, 0.25) is 0 Å². The van der Waals surface area contributed by atoms with E-state index >= 15 is 0 Å². The lowest BCUT2D eigenvalue weighted by Crippen LogP contribution is -2.35. The standard InChI is InChI=1S/C25H30N2O2/c1-3-15-26-24(28)17-20-11-13-23(14-12-20)27(25(29)22-9-4-5-10-22)18-21-8-6-7-19(2)16-21/h3,6-8,11-14,16,22H,1,4-5,9-10,15,17-18H2,2H3,(H,26,28). The zero-order valence-electron chi connectivity index (χ0n) is 17.2. The van der Waals surface area contributed by atoms with Crippen molar-refractivity contribution in [1.29, 1.82) is 0 Å². The molecular weight excluding hydrogens is 360 g/mol. The van der Waals surface area contributed by atoms with Gasteiger partial charge in [-0.25, -0.2) is 0 Å². The lowest BCUT2D eigenvalue weighted by Gasteiger charge is -2.26. The second-order valence-corrected chi connectivity index (χ2v) is 7.83. The van der Waals surface area contributed by atoms with Crippen molar-refractivity contribution in [3.8, 4) is 0 Å². The molecule has 0 spiro atoms. The first-order valence-electron chi connectivity index (χ1n) is 10.4. The van der Waals surface area contributed by atoms with Crippen molar-refractivity contribution in [2.24, 2.45) is 5.92 Å². The number of rotatable bonds is 8. The molecule has 1 fully saturated rings. The maximum absolute atomic E-state index is 13.3. The first-order valence-corrected chi connectivity index (χ1v) is 10.4. The monoisotopic (exact) mass is 390 g/mol. The van der Waals surface area contributed by atoms with Crippen molar-refractivity contribution in [2.45, 2.75) is 45.6 Å². The molecule has 2 aromatic rings. The number of benzene rings is 2. The fourth-order valence-corrected chi connectivity index (χ4v) is 3.91. The molecule has 29 heavy (non-hydrogen) atoms. The van der Waals surface area contributed by atoms with Crippen LogP contribution in [0.1, 0.15) is 42.4 Å². The predicted octanol–water partition coefficient (Wildman–Crippen LogP) is 4.56. The van der Waals surface area contributed by atoms with Gasteiger partial charge in [0.2, 0.25) is 11.8 Å². The third-order valence-corrected chi connectivity index (χ3v) is 5.45. The summed E-state index contributed by atoms with van der Waals surface area (Å²) in [6.45, 7) is 6.71. The molecular formula is C25H30N2O2. The van der Waals surface area contributed by atoms with Crippen LogP contribution in [-0.4, -0.2) is 18.4 Å². The van der Waals surface area contributed by atoms with Gasteiger partial charge in [0.25, 0.3) is 0 Å². The molecule has 0 unspecified atom stereocenters. The van der Waals surface area contributed by atoms with Gasteiger partial charge in [0.05, 0.1) is 13.0 Å². The SMILES string of the molecule is C=CCNC(=O)Cc1ccc(N(Cc2cccc(C)c2)C(=O)C2CCCC2)cc1. The van der Waals surface area contributed by atoms with Crippen molar-refractivity contribution in [3.63, 3.8) is 0 Å². The molecule has 3 rings (SSSR count). The summed E-state index contributed by atoms with van der Waals surface area (Å²) in [5, 5.41) is 2.79. The van der Waals surface area contributed by atoms with Crippen LogP contribution in [0, 0.1) is 12.8 Å². The number of hydrogen-bond acceptors (Lipinski definition) is 2. The van der Waals surface area contributed by atoms with Gasteiger partial charge in [-0.3, -0.25) is 9.59 Å². The Hall–Kier alpha value is -2.88. The molecule has 2 amide bonds. The van der Waals surface area contributed by atoms with Gasteiger partial charge < -0.3 is 10.2 Å². The first-order chi connectivity index (χ1) is 14.1. The van der Waals surface area contributed by atoms with Crippen LogP contribution in [-0.2, 0) is 22.6 Å². The molecule has 1 N–H and O–H groups in total. The van der Waals surface area contributed by atoms with Crippen molar-refractivity contribution in [3.05, 3.63) is 77.9 Å². The highest BCUT2D eigenvalue weighted by Gasteiger charge is 2.28. The van der Waals surface area contributed by atoms with E-state index in [-0.39, 0.29) is 17.7 Å². The quantitative estimate of drug-likeness (QED) is 0.672. The van der Waals surface area contributed by atoms with Gasteiger partial charge in [0, 0.05) is 18.2 Å². The maximum Gasteiger partial charge on any atom is 0.230 e. The zero-order valence-corrected chi connectivity index (χ0v) is 17.2. The Kier molecular flexibility index (Phi) is 7.23. The highest BCUT2D eigenvalue weighted by molar-refractivity contribution is 5.95. The average molecular weight is 391 g/mol. The Morgan fingerprint density at radius 3 is 2.48 bits per heavy atom. The fourth-order valence-electron chi connectivity index (χ4n) is 3.91. The molecule has 4 nitrogen and oxygen atoms in total. The summed E-state index contributed by atoms with van der Waals surface area (Å²) < 4.78 is 0. The minimum Gasteiger partial charge on any atom is -0.352 e. The van der Waals surface area contributed by atoms with Crippen molar-refractivity contribution >= 4 is 17.5 Å². The molecule has 1 aliphatic carbocycles. The number of nitrogens with zero attached hydrogens (tertiary/aromatic N) is 1. The van der Waals surface area contributed by atoms with Crippen LogP contribution < -0.4 is 10.2 Å². The Morgan fingerprint density at radius 1 is 1.10 bits per heavy atom. The van der Waals surface area contributed by atoms with E-state index in [1.165, 1.54) is 5.56 Å². The number of aryl methyl sites for hydroxylation is 1. The molecule has 0 radical (unpaired) electrons. The van der Waals surface area contributed by atoms with E-state index in [0.717, 1.165) is 42.5 Å². The lowest BCUT2D eigenvalue weighted by atomic mass is 10.0.